The molecule has 32 heavy (non-hydrogen) atoms. The van der Waals surface area contributed by atoms with Gasteiger partial charge in [-0.1, -0.05) is 0 Å². The average molecular weight is 478 g/mol. The Labute approximate surface area is 194 Å². The molecule has 3 rings (SSSR count). The third-order valence-electron chi connectivity index (χ3n) is 6.62. The Morgan fingerprint density at radius 1 is 1.12 bits per heavy atom. The number of guanidine groups is 1. The van der Waals surface area contributed by atoms with Gasteiger partial charge in [0.15, 0.2) is 5.96 Å². The lowest BCUT2D eigenvalue weighted by Gasteiger charge is -2.31. The Kier molecular flexibility index (Phi) is 9.95. The predicted octanol–water partition coefficient (Wildman–Crippen LogP) is 2.94. The van der Waals surface area contributed by atoms with Crippen molar-refractivity contribution in [2.45, 2.75) is 101 Å². The van der Waals surface area contributed by atoms with Crippen LogP contribution in [-0.2, 0) is 9.53 Å². The summed E-state index contributed by atoms with van der Waals surface area (Å²) in [6, 6.07) is -0.104. The number of aliphatic imine (C=N–C) groups is 1. The molecule has 4 N–H and O–H groups in total. The zero-order chi connectivity index (χ0) is 23.1. The zero-order valence-corrected chi connectivity index (χ0v) is 19.8. The highest BCUT2D eigenvalue weighted by molar-refractivity contribution is 6.20. The third kappa shape index (κ3) is 7.78. The molecule has 0 aromatic carbocycles. The van der Waals surface area contributed by atoms with Gasteiger partial charge < -0.3 is 10.1 Å². The molecule has 0 spiro atoms. The van der Waals surface area contributed by atoms with Crippen LogP contribution in [0.5, 0.6) is 0 Å². The maximum Gasteiger partial charge on any atom is 0.229 e. The van der Waals surface area contributed by atoms with Crippen molar-refractivity contribution >= 4 is 23.5 Å². The van der Waals surface area contributed by atoms with E-state index in [0.29, 0.717) is 38.4 Å². The number of alkyl halides is 3. The standard InChI is InChI=1S/C22H38ClF2N5O2/c1-3-32-12-13(2)26-22(28-21(31)14-4-6-16(23)7-5-14)27-20-11-19(29-30-20)15-8-17(24)10-18(25)9-15/h13-20,29-30H,3-12H2,1-2H3,(H2,26,27,28,31)/t13-,14?,15?,16?,17?,18?,19?,20?/m0/s1. The third-order valence-corrected chi connectivity index (χ3v) is 7.06. The smallest absolute Gasteiger partial charge is 0.229 e. The lowest BCUT2D eigenvalue weighted by molar-refractivity contribution is -0.124. The van der Waals surface area contributed by atoms with Crippen molar-refractivity contribution in [1.29, 1.82) is 0 Å². The number of nitrogens with zero attached hydrogens (tertiary/aromatic N) is 1. The van der Waals surface area contributed by atoms with Gasteiger partial charge in [0.2, 0.25) is 5.91 Å². The molecule has 2 aliphatic carbocycles. The van der Waals surface area contributed by atoms with Crippen molar-refractivity contribution in [3.8, 4) is 0 Å². The monoisotopic (exact) mass is 477 g/mol. The summed E-state index contributed by atoms with van der Waals surface area (Å²) in [5, 5.41) is 6.35. The highest BCUT2D eigenvalue weighted by Crippen LogP contribution is 2.33. The number of hydrazine groups is 1. The SMILES string of the molecule is CCOC[C@H](C)N/C(=N/C1CC(C2CC(F)CC(F)C2)NN1)NC(=O)C1CCC(Cl)CC1. The van der Waals surface area contributed by atoms with Gasteiger partial charge in [0.05, 0.1) is 6.61 Å². The Hall–Kier alpha value is -1.03. The molecule has 10 heteroatoms. The van der Waals surface area contributed by atoms with Gasteiger partial charge in [-0.15, -0.1) is 11.6 Å². The first-order valence-electron chi connectivity index (χ1n) is 12.0. The molecule has 1 heterocycles. The molecule has 0 aromatic rings. The molecule has 4 unspecified atom stereocenters. The van der Waals surface area contributed by atoms with E-state index in [1.807, 2.05) is 13.8 Å². The summed E-state index contributed by atoms with van der Waals surface area (Å²) in [5.74, 6) is 0.186. The van der Waals surface area contributed by atoms with E-state index in [1.165, 1.54) is 0 Å². The van der Waals surface area contributed by atoms with Gasteiger partial charge in [-0.3, -0.25) is 15.5 Å². The minimum atomic E-state index is -1.09. The minimum absolute atomic E-state index is 0.00167. The van der Waals surface area contributed by atoms with Crippen molar-refractivity contribution in [2.75, 3.05) is 13.2 Å². The summed E-state index contributed by atoms with van der Waals surface area (Å²) in [7, 11) is 0. The number of rotatable bonds is 7. The van der Waals surface area contributed by atoms with Crippen LogP contribution in [0.15, 0.2) is 4.99 Å². The number of amides is 1. The number of carbonyl (C=O) groups excluding carboxylic acids is 1. The van der Waals surface area contributed by atoms with Gasteiger partial charge in [-0.05, 0) is 58.3 Å². The summed E-state index contributed by atoms with van der Waals surface area (Å²) in [4.78, 5) is 17.5. The molecule has 3 aliphatic rings. The first-order chi connectivity index (χ1) is 15.3. The van der Waals surface area contributed by atoms with E-state index in [9.17, 15) is 13.6 Å². The van der Waals surface area contributed by atoms with E-state index >= 15 is 0 Å². The van der Waals surface area contributed by atoms with E-state index in [-0.39, 0.29) is 47.8 Å². The zero-order valence-electron chi connectivity index (χ0n) is 19.1. The number of hydrogen-bond acceptors (Lipinski definition) is 5. The van der Waals surface area contributed by atoms with Crippen LogP contribution >= 0.6 is 11.6 Å². The second-order valence-corrected chi connectivity index (χ2v) is 10.0. The molecular formula is C22H38ClF2N5O2. The highest BCUT2D eigenvalue weighted by atomic mass is 35.5. The van der Waals surface area contributed by atoms with E-state index in [1.54, 1.807) is 0 Å². The molecular weight excluding hydrogens is 440 g/mol. The quantitative estimate of drug-likeness (QED) is 0.257. The fourth-order valence-electron chi connectivity index (χ4n) is 4.87. The van der Waals surface area contributed by atoms with Gasteiger partial charge in [-0.25, -0.2) is 19.2 Å². The van der Waals surface area contributed by atoms with Crippen molar-refractivity contribution in [2.24, 2.45) is 16.8 Å². The molecule has 2 saturated carbocycles. The van der Waals surface area contributed by atoms with Crippen LogP contribution in [0.2, 0.25) is 0 Å². The summed E-state index contributed by atoms with van der Waals surface area (Å²) in [6.45, 7) is 4.98. The molecule has 0 aromatic heterocycles. The molecule has 1 amide bonds. The minimum Gasteiger partial charge on any atom is -0.380 e. The van der Waals surface area contributed by atoms with Gasteiger partial charge >= 0.3 is 0 Å². The van der Waals surface area contributed by atoms with Crippen LogP contribution < -0.4 is 21.5 Å². The van der Waals surface area contributed by atoms with Crippen LogP contribution in [-0.4, -0.2) is 61.1 Å². The number of ether oxygens (including phenoxy) is 1. The van der Waals surface area contributed by atoms with Gasteiger partial charge in [-0.2, -0.15) is 0 Å². The Morgan fingerprint density at radius 3 is 2.47 bits per heavy atom. The predicted molar refractivity (Wildman–Crippen MR) is 122 cm³/mol. The van der Waals surface area contributed by atoms with Crippen molar-refractivity contribution in [3.05, 3.63) is 0 Å². The van der Waals surface area contributed by atoms with Gasteiger partial charge in [0, 0.05) is 42.8 Å². The largest absolute Gasteiger partial charge is 0.380 e. The first kappa shape index (κ1) is 25.6. The molecule has 0 bridgehead atoms. The number of halogens is 3. The summed E-state index contributed by atoms with van der Waals surface area (Å²) in [5.41, 5.74) is 6.28. The van der Waals surface area contributed by atoms with E-state index in [4.69, 9.17) is 16.3 Å². The van der Waals surface area contributed by atoms with Crippen LogP contribution in [0.4, 0.5) is 8.78 Å². The number of hydrogen-bond donors (Lipinski definition) is 4. The van der Waals surface area contributed by atoms with Crippen LogP contribution in [0.25, 0.3) is 0 Å². The number of carbonyl (C=O) groups is 1. The van der Waals surface area contributed by atoms with Crippen molar-refractivity contribution < 1.29 is 18.3 Å². The Bertz CT molecular complexity index is 625. The van der Waals surface area contributed by atoms with E-state index in [2.05, 4.69) is 26.5 Å². The van der Waals surface area contributed by atoms with E-state index in [0.717, 1.165) is 25.7 Å². The fraction of sp³-hybridized carbons (Fsp3) is 0.909. The summed E-state index contributed by atoms with van der Waals surface area (Å²) >= 11 is 6.17. The van der Waals surface area contributed by atoms with Crippen molar-refractivity contribution in [1.82, 2.24) is 21.5 Å². The average Bonchev–Trinajstić information content (AvgIpc) is 3.20. The molecule has 1 saturated heterocycles. The van der Waals surface area contributed by atoms with Crippen LogP contribution in [0.1, 0.15) is 65.2 Å². The molecule has 5 atom stereocenters. The fourth-order valence-corrected chi connectivity index (χ4v) is 5.13. The topological polar surface area (TPSA) is 86.8 Å². The molecule has 0 radical (unpaired) electrons. The van der Waals surface area contributed by atoms with Crippen LogP contribution in [0, 0.1) is 11.8 Å². The first-order valence-corrected chi connectivity index (χ1v) is 12.4. The summed E-state index contributed by atoms with van der Waals surface area (Å²) < 4.78 is 33.2. The molecule has 7 nitrogen and oxygen atoms in total. The van der Waals surface area contributed by atoms with Crippen LogP contribution in [0.3, 0.4) is 0 Å². The Morgan fingerprint density at radius 2 is 1.81 bits per heavy atom. The second kappa shape index (κ2) is 12.4. The summed E-state index contributed by atoms with van der Waals surface area (Å²) in [6.07, 6.45) is 2.06. The normalized spacial score (nSPS) is 37.2. The van der Waals surface area contributed by atoms with Gasteiger partial charge in [0.1, 0.15) is 18.5 Å². The Balaban J connectivity index is 1.61. The highest BCUT2D eigenvalue weighted by Gasteiger charge is 2.37. The van der Waals surface area contributed by atoms with E-state index < -0.39 is 12.3 Å². The maximum atomic E-state index is 13.8. The van der Waals surface area contributed by atoms with Crippen molar-refractivity contribution in [3.63, 3.8) is 0 Å². The maximum absolute atomic E-state index is 13.8. The lowest BCUT2D eigenvalue weighted by atomic mass is 9.81. The lowest BCUT2D eigenvalue weighted by Crippen LogP contribution is -2.49. The molecule has 184 valence electrons. The molecule has 1 aliphatic heterocycles. The second-order valence-electron chi connectivity index (χ2n) is 9.43. The molecule has 3 fully saturated rings. The van der Waals surface area contributed by atoms with Gasteiger partial charge in [0.25, 0.3) is 0 Å². The number of nitrogens with one attached hydrogen (secondary N) is 4.